The van der Waals surface area contributed by atoms with Crippen LogP contribution in [0.3, 0.4) is 0 Å². The van der Waals surface area contributed by atoms with E-state index in [9.17, 15) is 14.0 Å². The highest BCUT2D eigenvalue weighted by atomic mass is 35.5. The molecule has 9 heteroatoms. The number of carbonyl (C=O) groups excluding carboxylic acids is 2. The molecule has 1 fully saturated rings. The summed E-state index contributed by atoms with van der Waals surface area (Å²) in [7, 11) is 1.46. The molecule has 2 aromatic rings. The van der Waals surface area contributed by atoms with Crippen LogP contribution in [0.25, 0.3) is 0 Å². The summed E-state index contributed by atoms with van der Waals surface area (Å²) in [5, 5.41) is 5.52. The molecule has 0 saturated carbocycles. The van der Waals surface area contributed by atoms with Crippen LogP contribution in [0.4, 0.5) is 4.39 Å². The Balaban J connectivity index is 1.83. The van der Waals surface area contributed by atoms with Gasteiger partial charge >= 0.3 is 0 Å². The fourth-order valence-electron chi connectivity index (χ4n) is 2.61. The molecule has 3 rings (SSSR count). The van der Waals surface area contributed by atoms with Gasteiger partial charge in [-0.25, -0.2) is 4.39 Å². The van der Waals surface area contributed by atoms with Gasteiger partial charge in [-0.3, -0.25) is 9.59 Å². The summed E-state index contributed by atoms with van der Waals surface area (Å²) in [5.41, 5.74) is 0.522. The van der Waals surface area contributed by atoms with Crippen molar-refractivity contribution in [2.75, 3.05) is 20.3 Å². The molecule has 1 aliphatic heterocycles. The lowest BCUT2D eigenvalue weighted by Gasteiger charge is -2.26. The topological polar surface area (TPSA) is 92.5 Å². The third-order valence-electron chi connectivity index (χ3n) is 4.16. The number of hydrogen-bond donors (Lipinski definition) is 3. The normalized spacial score (nSPS) is 15.0. The molecule has 0 radical (unpaired) electrons. The number of carbonyl (C=O) groups is 2. The molecule has 0 bridgehead atoms. The van der Waals surface area contributed by atoms with Gasteiger partial charge in [-0.15, -0.1) is 0 Å². The minimum absolute atomic E-state index is 0.0595. The number of aromatic nitrogens is 1. The Labute approximate surface area is 160 Å². The van der Waals surface area contributed by atoms with Crippen LogP contribution in [0.15, 0.2) is 24.3 Å². The van der Waals surface area contributed by atoms with Crippen LogP contribution >= 0.6 is 11.6 Å². The van der Waals surface area contributed by atoms with E-state index in [0.29, 0.717) is 13.2 Å². The van der Waals surface area contributed by atoms with Gasteiger partial charge in [0.05, 0.1) is 19.3 Å². The number of H-pyrrole nitrogens is 1. The molecule has 1 aromatic heterocycles. The van der Waals surface area contributed by atoms with Crippen molar-refractivity contribution >= 4 is 23.4 Å². The number of amides is 2. The summed E-state index contributed by atoms with van der Waals surface area (Å²) in [6.45, 7) is 2.54. The molecule has 1 aliphatic rings. The lowest BCUT2D eigenvalue weighted by atomic mass is 10.1. The molecule has 144 valence electrons. The third-order valence-corrected chi connectivity index (χ3v) is 4.39. The SMILES string of the molecule is CNC(=O)c1[nH]c(C(=O)NC2COC2)cc1OC(C)c1ccc(Cl)cc1F. The largest absolute Gasteiger partial charge is 0.483 e. The smallest absolute Gasteiger partial charge is 0.271 e. The Hall–Kier alpha value is -2.58. The van der Waals surface area contributed by atoms with Crippen LogP contribution in [-0.4, -0.2) is 43.1 Å². The van der Waals surface area contributed by atoms with Gasteiger partial charge in [-0.2, -0.15) is 0 Å². The molecular formula is C18H19ClFN3O4. The van der Waals surface area contributed by atoms with Gasteiger partial charge < -0.3 is 25.1 Å². The quantitative estimate of drug-likeness (QED) is 0.700. The third kappa shape index (κ3) is 4.23. The zero-order valence-electron chi connectivity index (χ0n) is 14.8. The van der Waals surface area contributed by atoms with Crippen molar-refractivity contribution in [1.82, 2.24) is 15.6 Å². The molecule has 1 atom stereocenters. The molecule has 0 spiro atoms. The number of hydrogen-bond acceptors (Lipinski definition) is 4. The zero-order chi connectivity index (χ0) is 19.6. The maximum Gasteiger partial charge on any atom is 0.271 e. The standard InChI is InChI=1S/C18H19ClFN3O4/c1-9(12-4-3-10(19)5-13(12)20)27-15-6-14(23-16(15)18(25)21-2)17(24)22-11-7-26-8-11/h3-6,9,11,23H,7-8H2,1-2H3,(H,21,25)(H,22,24). The van der Waals surface area contributed by atoms with Crippen LogP contribution in [0, 0.1) is 5.82 Å². The highest BCUT2D eigenvalue weighted by molar-refractivity contribution is 6.30. The number of ether oxygens (including phenoxy) is 2. The second-order valence-corrected chi connectivity index (χ2v) is 6.57. The van der Waals surface area contributed by atoms with E-state index in [1.807, 2.05) is 0 Å². The first-order valence-corrected chi connectivity index (χ1v) is 8.72. The summed E-state index contributed by atoms with van der Waals surface area (Å²) >= 11 is 5.77. The van der Waals surface area contributed by atoms with Crippen LogP contribution in [0.5, 0.6) is 5.75 Å². The maximum absolute atomic E-state index is 14.1. The molecule has 3 N–H and O–H groups in total. The average molecular weight is 396 g/mol. The van der Waals surface area contributed by atoms with Gasteiger partial charge in [0, 0.05) is 23.7 Å². The van der Waals surface area contributed by atoms with Crippen molar-refractivity contribution < 1.29 is 23.5 Å². The first-order valence-electron chi connectivity index (χ1n) is 8.34. The van der Waals surface area contributed by atoms with E-state index in [-0.39, 0.29) is 39.7 Å². The van der Waals surface area contributed by atoms with E-state index in [2.05, 4.69) is 15.6 Å². The predicted molar refractivity (Wildman–Crippen MR) is 96.7 cm³/mol. The van der Waals surface area contributed by atoms with Gasteiger partial charge in [-0.05, 0) is 19.1 Å². The molecule has 1 saturated heterocycles. The lowest BCUT2D eigenvalue weighted by molar-refractivity contribution is -0.00354. The molecule has 0 aliphatic carbocycles. The Morgan fingerprint density at radius 1 is 1.33 bits per heavy atom. The maximum atomic E-state index is 14.1. The highest BCUT2D eigenvalue weighted by Gasteiger charge is 2.25. The van der Waals surface area contributed by atoms with Gasteiger partial charge in [0.25, 0.3) is 11.8 Å². The number of benzene rings is 1. The summed E-state index contributed by atoms with van der Waals surface area (Å²) in [4.78, 5) is 27.2. The van der Waals surface area contributed by atoms with E-state index in [1.54, 1.807) is 13.0 Å². The van der Waals surface area contributed by atoms with E-state index in [4.69, 9.17) is 21.1 Å². The zero-order valence-corrected chi connectivity index (χ0v) is 15.5. The molecule has 1 aromatic carbocycles. The average Bonchev–Trinajstić information content (AvgIpc) is 3.01. The van der Waals surface area contributed by atoms with Crippen molar-refractivity contribution in [3.05, 3.63) is 52.1 Å². The van der Waals surface area contributed by atoms with Crippen LogP contribution in [-0.2, 0) is 4.74 Å². The predicted octanol–water partition coefficient (Wildman–Crippen LogP) is 2.44. The van der Waals surface area contributed by atoms with E-state index >= 15 is 0 Å². The van der Waals surface area contributed by atoms with Gasteiger partial charge in [-0.1, -0.05) is 17.7 Å². The number of rotatable bonds is 6. The second kappa shape index (κ2) is 7.98. The summed E-state index contributed by atoms with van der Waals surface area (Å²) in [6, 6.07) is 5.61. The molecule has 2 heterocycles. The van der Waals surface area contributed by atoms with Gasteiger partial charge in [0.15, 0.2) is 5.75 Å². The van der Waals surface area contributed by atoms with E-state index in [1.165, 1.54) is 25.2 Å². The highest BCUT2D eigenvalue weighted by Crippen LogP contribution is 2.29. The van der Waals surface area contributed by atoms with Crippen molar-refractivity contribution in [2.24, 2.45) is 0 Å². The Kier molecular flexibility index (Phi) is 5.67. The van der Waals surface area contributed by atoms with Crippen molar-refractivity contribution in [3.63, 3.8) is 0 Å². The fourth-order valence-corrected chi connectivity index (χ4v) is 2.77. The van der Waals surface area contributed by atoms with Crippen LogP contribution in [0.1, 0.15) is 39.6 Å². The Morgan fingerprint density at radius 2 is 2.07 bits per heavy atom. The van der Waals surface area contributed by atoms with Crippen molar-refractivity contribution in [3.8, 4) is 5.75 Å². The molecule has 1 unspecified atom stereocenters. The number of aromatic amines is 1. The number of nitrogens with one attached hydrogen (secondary N) is 3. The Morgan fingerprint density at radius 3 is 2.67 bits per heavy atom. The van der Waals surface area contributed by atoms with Crippen molar-refractivity contribution in [1.29, 1.82) is 0 Å². The van der Waals surface area contributed by atoms with E-state index in [0.717, 1.165) is 0 Å². The minimum Gasteiger partial charge on any atom is -0.483 e. The van der Waals surface area contributed by atoms with Crippen molar-refractivity contribution in [2.45, 2.75) is 19.1 Å². The molecule has 7 nitrogen and oxygen atoms in total. The first-order chi connectivity index (χ1) is 12.9. The second-order valence-electron chi connectivity index (χ2n) is 6.14. The van der Waals surface area contributed by atoms with Gasteiger partial charge in [0.1, 0.15) is 23.3 Å². The fraction of sp³-hybridized carbons (Fsp3) is 0.333. The van der Waals surface area contributed by atoms with Crippen LogP contribution < -0.4 is 15.4 Å². The summed E-state index contributed by atoms with van der Waals surface area (Å²) in [5.74, 6) is -1.21. The molecular weight excluding hydrogens is 377 g/mol. The van der Waals surface area contributed by atoms with Gasteiger partial charge in [0.2, 0.25) is 0 Å². The summed E-state index contributed by atoms with van der Waals surface area (Å²) < 4.78 is 24.9. The van der Waals surface area contributed by atoms with Crippen LogP contribution in [0.2, 0.25) is 5.02 Å². The Bertz CT molecular complexity index is 866. The molecule has 2 amide bonds. The summed E-state index contributed by atoms with van der Waals surface area (Å²) in [6.07, 6.45) is -0.711. The molecule has 27 heavy (non-hydrogen) atoms. The van der Waals surface area contributed by atoms with E-state index < -0.39 is 17.8 Å². The number of halogens is 2. The monoisotopic (exact) mass is 395 g/mol. The minimum atomic E-state index is -0.711. The lowest BCUT2D eigenvalue weighted by Crippen LogP contribution is -2.48. The first kappa shape index (κ1) is 19.2.